The summed E-state index contributed by atoms with van der Waals surface area (Å²) in [5.74, 6) is -0.586. The second kappa shape index (κ2) is 6.31. The minimum absolute atomic E-state index is 0.188. The molecule has 1 aliphatic carbocycles. The van der Waals surface area contributed by atoms with Crippen LogP contribution in [0.15, 0.2) is 34.9 Å². The van der Waals surface area contributed by atoms with Gasteiger partial charge in [-0.2, -0.15) is 0 Å². The van der Waals surface area contributed by atoms with E-state index >= 15 is 0 Å². The van der Waals surface area contributed by atoms with Crippen molar-refractivity contribution in [1.82, 2.24) is 5.32 Å². The first-order chi connectivity index (χ1) is 10.3. The van der Waals surface area contributed by atoms with E-state index in [0.29, 0.717) is 0 Å². The van der Waals surface area contributed by atoms with E-state index in [1.54, 1.807) is 6.26 Å². The number of fused-ring (bicyclic) bond motifs is 1. The van der Waals surface area contributed by atoms with Crippen molar-refractivity contribution in [3.8, 4) is 0 Å². The van der Waals surface area contributed by atoms with Gasteiger partial charge in [-0.15, -0.1) is 0 Å². The molecule has 1 saturated carbocycles. The van der Waals surface area contributed by atoms with Crippen molar-refractivity contribution < 1.29 is 14.3 Å². The number of rotatable bonds is 5. The van der Waals surface area contributed by atoms with Gasteiger partial charge >= 0.3 is 5.97 Å². The van der Waals surface area contributed by atoms with Crippen LogP contribution in [0, 0.1) is 11.8 Å². The number of carboxylic acid groups (broad SMARTS) is 1. The lowest BCUT2D eigenvalue weighted by atomic mass is 9.79. The van der Waals surface area contributed by atoms with Gasteiger partial charge in [0.25, 0.3) is 0 Å². The van der Waals surface area contributed by atoms with Crippen LogP contribution in [0.5, 0.6) is 0 Å². The predicted molar refractivity (Wildman–Crippen MR) is 81.0 cm³/mol. The van der Waals surface area contributed by atoms with Crippen molar-refractivity contribution in [3.05, 3.63) is 36.1 Å². The molecular formula is C17H21NO3. The summed E-state index contributed by atoms with van der Waals surface area (Å²) in [5, 5.41) is 13.8. The molecule has 2 atom stereocenters. The lowest BCUT2D eigenvalue weighted by Gasteiger charge is -2.28. The summed E-state index contributed by atoms with van der Waals surface area (Å²) in [6.07, 6.45) is 5.80. The summed E-state index contributed by atoms with van der Waals surface area (Å²) in [7, 11) is 0. The van der Waals surface area contributed by atoms with Crippen molar-refractivity contribution in [2.75, 3.05) is 6.54 Å². The average molecular weight is 287 g/mol. The van der Waals surface area contributed by atoms with Crippen molar-refractivity contribution in [1.29, 1.82) is 0 Å². The maximum Gasteiger partial charge on any atom is 0.306 e. The molecule has 0 bridgehead atoms. The molecule has 1 fully saturated rings. The van der Waals surface area contributed by atoms with E-state index in [-0.39, 0.29) is 11.8 Å². The average Bonchev–Trinajstić information content (AvgIpc) is 2.91. The first-order valence-electron chi connectivity index (χ1n) is 7.64. The topological polar surface area (TPSA) is 62.5 Å². The van der Waals surface area contributed by atoms with E-state index in [2.05, 4.69) is 11.4 Å². The fourth-order valence-corrected chi connectivity index (χ4v) is 3.34. The largest absolute Gasteiger partial charge is 0.481 e. The maximum atomic E-state index is 11.3. The molecule has 1 heterocycles. The Labute approximate surface area is 124 Å². The molecule has 2 unspecified atom stereocenters. The molecule has 112 valence electrons. The van der Waals surface area contributed by atoms with Crippen LogP contribution >= 0.6 is 0 Å². The van der Waals surface area contributed by atoms with E-state index < -0.39 is 5.97 Å². The molecule has 4 heteroatoms. The molecule has 1 aromatic heterocycles. The molecule has 0 radical (unpaired) electrons. The minimum Gasteiger partial charge on any atom is -0.481 e. The maximum absolute atomic E-state index is 11.3. The number of nitrogens with one attached hydrogen (secondary N) is 1. The van der Waals surface area contributed by atoms with Crippen molar-refractivity contribution in [2.24, 2.45) is 11.8 Å². The number of furan rings is 1. The molecule has 1 aliphatic rings. The standard InChI is InChI=1S/C17H21NO3/c19-17(20)15-7-2-1-5-12(15)9-18-10-13-11-21-16-8-4-3-6-14(13)16/h3-4,6,8,11-12,15,18H,1-2,5,7,9-10H2,(H,19,20). The van der Waals surface area contributed by atoms with E-state index in [9.17, 15) is 9.90 Å². The molecule has 3 rings (SSSR count). The smallest absolute Gasteiger partial charge is 0.306 e. The minimum atomic E-state index is -0.643. The number of hydrogen-bond acceptors (Lipinski definition) is 3. The molecule has 1 aromatic carbocycles. The summed E-state index contributed by atoms with van der Waals surface area (Å²) >= 11 is 0. The third-order valence-electron chi connectivity index (χ3n) is 4.51. The van der Waals surface area contributed by atoms with Gasteiger partial charge < -0.3 is 14.8 Å². The number of benzene rings is 1. The quantitative estimate of drug-likeness (QED) is 0.884. The number of para-hydroxylation sites is 1. The second-order valence-corrected chi connectivity index (χ2v) is 5.88. The summed E-state index contributed by atoms with van der Waals surface area (Å²) in [6.45, 7) is 1.48. The van der Waals surface area contributed by atoms with Gasteiger partial charge in [-0.3, -0.25) is 4.79 Å². The van der Waals surface area contributed by atoms with Gasteiger partial charge in [-0.25, -0.2) is 0 Å². The van der Waals surface area contributed by atoms with Crippen LogP contribution in [0.25, 0.3) is 11.0 Å². The molecular weight excluding hydrogens is 266 g/mol. The lowest BCUT2D eigenvalue weighted by Crippen LogP contribution is -2.34. The predicted octanol–water partition coefficient (Wildman–Crippen LogP) is 3.41. The Morgan fingerprint density at radius 2 is 2.10 bits per heavy atom. The fourth-order valence-electron chi connectivity index (χ4n) is 3.34. The SMILES string of the molecule is O=C(O)C1CCCCC1CNCc1coc2ccccc12. The van der Waals surface area contributed by atoms with Crippen molar-refractivity contribution in [2.45, 2.75) is 32.2 Å². The van der Waals surface area contributed by atoms with Gasteiger partial charge in [0, 0.05) is 17.5 Å². The summed E-state index contributed by atoms with van der Waals surface area (Å²) in [6, 6.07) is 7.97. The van der Waals surface area contributed by atoms with Gasteiger partial charge in [0.05, 0.1) is 12.2 Å². The Bertz CT molecular complexity index is 619. The van der Waals surface area contributed by atoms with Gasteiger partial charge in [-0.1, -0.05) is 31.0 Å². The summed E-state index contributed by atoms with van der Waals surface area (Å²) in [5.41, 5.74) is 2.03. The van der Waals surface area contributed by atoms with Crippen molar-refractivity contribution >= 4 is 16.9 Å². The third kappa shape index (κ3) is 3.10. The van der Waals surface area contributed by atoms with Gasteiger partial charge in [0.1, 0.15) is 5.58 Å². The van der Waals surface area contributed by atoms with E-state index in [1.165, 1.54) is 0 Å². The van der Waals surface area contributed by atoms with Crippen LogP contribution < -0.4 is 5.32 Å². The highest BCUT2D eigenvalue weighted by Crippen LogP contribution is 2.30. The molecule has 4 nitrogen and oxygen atoms in total. The highest BCUT2D eigenvalue weighted by atomic mass is 16.4. The summed E-state index contributed by atoms with van der Waals surface area (Å²) < 4.78 is 5.52. The molecule has 21 heavy (non-hydrogen) atoms. The molecule has 0 saturated heterocycles. The Morgan fingerprint density at radius 1 is 1.29 bits per heavy atom. The van der Waals surface area contributed by atoms with Crippen LogP contribution in [-0.2, 0) is 11.3 Å². The fraction of sp³-hybridized carbons (Fsp3) is 0.471. The third-order valence-corrected chi connectivity index (χ3v) is 4.51. The molecule has 0 spiro atoms. The summed E-state index contributed by atoms with van der Waals surface area (Å²) in [4.78, 5) is 11.3. The first-order valence-corrected chi connectivity index (χ1v) is 7.64. The normalized spacial score (nSPS) is 22.5. The van der Waals surface area contributed by atoms with Crippen molar-refractivity contribution in [3.63, 3.8) is 0 Å². The second-order valence-electron chi connectivity index (χ2n) is 5.88. The first kappa shape index (κ1) is 14.1. The van der Waals surface area contributed by atoms with Crippen LogP contribution in [0.2, 0.25) is 0 Å². The number of carboxylic acids is 1. The van der Waals surface area contributed by atoms with E-state index in [0.717, 1.165) is 55.3 Å². The van der Waals surface area contributed by atoms with Gasteiger partial charge in [-0.05, 0) is 31.4 Å². The Hall–Kier alpha value is -1.81. The number of hydrogen-bond donors (Lipinski definition) is 2. The van der Waals surface area contributed by atoms with Crippen LogP contribution in [0.3, 0.4) is 0 Å². The highest BCUT2D eigenvalue weighted by molar-refractivity contribution is 5.80. The molecule has 0 aliphatic heterocycles. The zero-order chi connectivity index (χ0) is 14.7. The Kier molecular flexibility index (Phi) is 4.25. The van der Waals surface area contributed by atoms with E-state index in [4.69, 9.17) is 4.42 Å². The monoisotopic (exact) mass is 287 g/mol. The van der Waals surface area contributed by atoms with Gasteiger partial charge in [0.15, 0.2) is 0 Å². The van der Waals surface area contributed by atoms with Gasteiger partial charge in [0.2, 0.25) is 0 Å². The van der Waals surface area contributed by atoms with Crippen LogP contribution in [0.4, 0.5) is 0 Å². The molecule has 0 amide bonds. The zero-order valence-electron chi connectivity index (χ0n) is 12.0. The highest BCUT2D eigenvalue weighted by Gasteiger charge is 2.30. The van der Waals surface area contributed by atoms with E-state index in [1.807, 2.05) is 18.2 Å². The lowest BCUT2D eigenvalue weighted by molar-refractivity contribution is -0.144. The van der Waals surface area contributed by atoms with Crippen LogP contribution in [-0.4, -0.2) is 17.6 Å². The Balaban J connectivity index is 1.59. The number of aliphatic carboxylic acids is 1. The number of carbonyl (C=O) groups is 1. The molecule has 2 aromatic rings. The molecule has 2 N–H and O–H groups in total. The zero-order valence-corrected chi connectivity index (χ0v) is 12.0. The van der Waals surface area contributed by atoms with Crippen LogP contribution in [0.1, 0.15) is 31.2 Å². The Morgan fingerprint density at radius 3 is 2.95 bits per heavy atom.